The fourth-order valence-electron chi connectivity index (χ4n) is 3.29. The Labute approximate surface area is 127 Å². The van der Waals surface area contributed by atoms with Crippen molar-refractivity contribution in [2.24, 2.45) is 0 Å². The van der Waals surface area contributed by atoms with E-state index in [-0.39, 0.29) is 5.54 Å². The Morgan fingerprint density at radius 2 is 1.71 bits per heavy atom. The van der Waals surface area contributed by atoms with E-state index in [2.05, 4.69) is 78.2 Å². The summed E-state index contributed by atoms with van der Waals surface area (Å²) in [6.45, 7) is 4.37. The lowest BCUT2D eigenvalue weighted by atomic mass is 9.80. The van der Waals surface area contributed by atoms with Gasteiger partial charge in [-0.2, -0.15) is 0 Å². The van der Waals surface area contributed by atoms with Crippen LogP contribution in [0.1, 0.15) is 36.9 Å². The van der Waals surface area contributed by atoms with E-state index in [0.717, 1.165) is 13.1 Å². The second-order valence-corrected chi connectivity index (χ2v) is 6.16. The monoisotopic (exact) mass is 280 g/mol. The van der Waals surface area contributed by atoms with Crippen molar-refractivity contribution < 1.29 is 0 Å². The van der Waals surface area contributed by atoms with Crippen LogP contribution in [-0.2, 0) is 6.54 Å². The van der Waals surface area contributed by atoms with Gasteiger partial charge in [0, 0.05) is 12.1 Å². The summed E-state index contributed by atoms with van der Waals surface area (Å²) in [4.78, 5) is 0. The van der Waals surface area contributed by atoms with Gasteiger partial charge < -0.3 is 10.6 Å². The van der Waals surface area contributed by atoms with E-state index in [1.165, 1.54) is 24.0 Å². The van der Waals surface area contributed by atoms with Gasteiger partial charge in [0.05, 0.1) is 6.04 Å². The van der Waals surface area contributed by atoms with Crippen molar-refractivity contribution in [1.82, 2.24) is 10.6 Å². The Hall–Kier alpha value is -1.64. The van der Waals surface area contributed by atoms with Crippen molar-refractivity contribution in [3.05, 3.63) is 71.8 Å². The Bertz CT molecular complexity index is 552. The first-order chi connectivity index (χ1) is 10.3. The van der Waals surface area contributed by atoms with Crippen molar-refractivity contribution in [1.29, 1.82) is 0 Å². The second-order valence-electron chi connectivity index (χ2n) is 6.16. The predicted octanol–water partition coefficient (Wildman–Crippen LogP) is 3.66. The molecule has 0 radical (unpaired) electrons. The molecule has 0 saturated carbocycles. The Morgan fingerprint density at radius 1 is 1.05 bits per heavy atom. The third kappa shape index (κ3) is 3.34. The zero-order valence-electron chi connectivity index (χ0n) is 12.7. The Morgan fingerprint density at radius 3 is 2.43 bits per heavy atom. The lowest BCUT2D eigenvalue weighted by molar-refractivity contribution is 0.196. The minimum Gasteiger partial charge on any atom is -0.308 e. The molecule has 2 N–H and O–H groups in total. The van der Waals surface area contributed by atoms with Crippen LogP contribution < -0.4 is 10.6 Å². The Balaban J connectivity index is 1.76. The Kier molecular flexibility index (Phi) is 4.37. The van der Waals surface area contributed by atoms with Crippen molar-refractivity contribution in [2.45, 2.75) is 37.9 Å². The third-order valence-corrected chi connectivity index (χ3v) is 4.53. The molecule has 1 heterocycles. The quantitative estimate of drug-likeness (QED) is 0.893. The average molecular weight is 280 g/mol. The third-order valence-electron chi connectivity index (χ3n) is 4.53. The molecule has 2 aromatic rings. The fraction of sp³-hybridized carbons (Fsp3) is 0.368. The molecule has 0 spiro atoms. The van der Waals surface area contributed by atoms with E-state index >= 15 is 0 Å². The highest BCUT2D eigenvalue weighted by atomic mass is 15.1. The van der Waals surface area contributed by atoms with Gasteiger partial charge in [0.25, 0.3) is 0 Å². The molecule has 1 aliphatic heterocycles. The summed E-state index contributed by atoms with van der Waals surface area (Å²) in [5.74, 6) is 0. The van der Waals surface area contributed by atoms with Gasteiger partial charge in [0.2, 0.25) is 0 Å². The molecule has 21 heavy (non-hydrogen) atoms. The van der Waals surface area contributed by atoms with Crippen molar-refractivity contribution >= 4 is 0 Å². The highest BCUT2D eigenvalue weighted by Crippen LogP contribution is 2.33. The predicted molar refractivity (Wildman–Crippen MR) is 88.1 cm³/mol. The number of piperidine rings is 1. The van der Waals surface area contributed by atoms with Gasteiger partial charge in [-0.3, -0.25) is 0 Å². The van der Waals surface area contributed by atoms with Crippen LogP contribution in [0, 0.1) is 0 Å². The standard InChI is InChI=1S/C19H24N2/c1-19(21-15-16-9-4-2-5-10-16)13-8-14-20-18(19)17-11-6-3-7-12-17/h2-7,9-12,18,20-21H,8,13-15H2,1H3/t18-,19-/m0/s1. The molecule has 2 nitrogen and oxygen atoms in total. The summed E-state index contributed by atoms with van der Waals surface area (Å²) >= 11 is 0. The van der Waals surface area contributed by atoms with Crippen molar-refractivity contribution in [3.63, 3.8) is 0 Å². The fourth-order valence-corrected chi connectivity index (χ4v) is 3.29. The minimum atomic E-state index is 0.0927. The maximum Gasteiger partial charge on any atom is 0.0502 e. The van der Waals surface area contributed by atoms with Crippen molar-refractivity contribution in [2.75, 3.05) is 6.54 Å². The van der Waals surface area contributed by atoms with E-state index < -0.39 is 0 Å². The molecular formula is C19H24N2. The molecule has 2 atom stereocenters. The van der Waals surface area contributed by atoms with E-state index in [1.54, 1.807) is 0 Å². The van der Waals surface area contributed by atoms with Gasteiger partial charge in [-0.15, -0.1) is 0 Å². The summed E-state index contributed by atoms with van der Waals surface area (Å²) < 4.78 is 0. The molecule has 2 heteroatoms. The topological polar surface area (TPSA) is 24.1 Å². The largest absolute Gasteiger partial charge is 0.308 e. The molecule has 0 aromatic heterocycles. The van der Waals surface area contributed by atoms with E-state index in [4.69, 9.17) is 0 Å². The van der Waals surface area contributed by atoms with Crippen molar-refractivity contribution in [3.8, 4) is 0 Å². The zero-order chi connectivity index (χ0) is 14.5. The number of rotatable bonds is 4. The zero-order valence-corrected chi connectivity index (χ0v) is 12.7. The van der Waals surface area contributed by atoms with Gasteiger partial charge in [-0.05, 0) is 37.4 Å². The van der Waals surface area contributed by atoms with E-state index in [9.17, 15) is 0 Å². The van der Waals surface area contributed by atoms with Gasteiger partial charge in [-0.1, -0.05) is 60.7 Å². The minimum absolute atomic E-state index is 0.0927. The molecule has 0 amide bonds. The molecule has 2 aromatic carbocycles. The maximum absolute atomic E-state index is 3.80. The summed E-state index contributed by atoms with van der Waals surface area (Å²) in [5, 5.41) is 7.50. The van der Waals surface area contributed by atoms with Gasteiger partial charge in [0.15, 0.2) is 0 Å². The SMILES string of the molecule is C[C@]1(NCc2ccccc2)CCCN[C@H]1c1ccccc1. The molecule has 1 fully saturated rings. The molecule has 0 unspecified atom stereocenters. The molecule has 1 saturated heterocycles. The van der Waals surface area contributed by atoms with Crippen LogP contribution in [0.3, 0.4) is 0 Å². The first kappa shape index (κ1) is 14.3. The molecule has 0 aliphatic carbocycles. The first-order valence-corrected chi connectivity index (χ1v) is 7.85. The van der Waals surface area contributed by atoms with Gasteiger partial charge >= 0.3 is 0 Å². The normalized spacial score (nSPS) is 25.7. The van der Waals surface area contributed by atoms with Crippen LogP contribution in [0.5, 0.6) is 0 Å². The van der Waals surface area contributed by atoms with Crippen LogP contribution >= 0.6 is 0 Å². The second kappa shape index (κ2) is 6.42. The highest BCUT2D eigenvalue weighted by Gasteiger charge is 2.36. The van der Waals surface area contributed by atoms with E-state index in [1.807, 2.05) is 0 Å². The number of nitrogens with one attached hydrogen (secondary N) is 2. The lowest BCUT2D eigenvalue weighted by Crippen LogP contribution is -2.55. The smallest absolute Gasteiger partial charge is 0.0502 e. The van der Waals surface area contributed by atoms with Crippen LogP contribution in [-0.4, -0.2) is 12.1 Å². The lowest BCUT2D eigenvalue weighted by Gasteiger charge is -2.43. The summed E-state index contributed by atoms with van der Waals surface area (Å²) in [5.41, 5.74) is 2.81. The van der Waals surface area contributed by atoms with Crippen LogP contribution in [0.15, 0.2) is 60.7 Å². The first-order valence-electron chi connectivity index (χ1n) is 7.85. The summed E-state index contributed by atoms with van der Waals surface area (Å²) in [7, 11) is 0. The molecule has 110 valence electrons. The summed E-state index contributed by atoms with van der Waals surface area (Å²) in [6, 6.07) is 21.8. The summed E-state index contributed by atoms with van der Waals surface area (Å²) in [6.07, 6.45) is 2.42. The van der Waals surface area contributed by atoms with Gasteiger partial charge in [-0.25, -0.2) is 0 Å². The molecule has 0 bridgehead atoms. The number of hydrogen-bond donors (Lipinski definition) is 2. The highest BCUT2D eigenvalue weighted by molar-refractivity contribution is 5.24. The van der Waals surface area contributed by atoms with E-state index in [0.29, 0.717) is 6.04 Å². The maximum atomic E-state index is 3.80. The molecular weight excluding hydrogens is 256 g/mol. The molecule has 1 aliphatic rings. The average Bonchev–Trinajstić information content (AvgIpc) is 2.55. The number of benzene rings is 2. The van der Waals surface area contributed by atoms with Crippen LogP contribution in [0.4, 0.5) is 0 Å². The molecule has 3 rings (SSSR count). The van der Waals surface area contributed by atoms with Gasteiger partial charge in [0.1, 0.15) is 0 Å². The van der Waals surface area contributed by atoms with Crippen LogP contribution in [0.25, 0.3) is 0 Å². The number of hydrogen-bond acceptors (Lipinski definition) is 2. The van der Waals surface area contributed by atoms with Crippen LogP contribution in [0.2, 0.25) is 0 Å².